The predicted octanol–water partition coefficient (Wildman–Crippen LogP) is 1.67. The first-order valence-corrected chi connectivity index (χ1v) is 7.01. The first-order valence-electron chi connectivity index (χ1n) is 7.01. The Hall–Kier alpha value is -2.34. The van der Waals surface area contributed by atoms with Crippen LogP contribution in [0.25, 0.3) is 0 Å². The van der Waals surface area contributed by atoms with E-state index in [-0.39, 0.29) is 12.6 Å². The molecule has 1 aliphatic rings. The van der Waals surface area contributed by atoms with Crippen LogP contribution in [0.1, 0.15) is 17.2 Å². The maximum absolute atomic E-state index is 12.3. The fourth-order valence-corrected chi connectivity index (χ4v) is 2.33. The molecule has 0 aliphatic carbocycles. The number of aryl methyl sites for hydroxylation is 1. The van der Waals surface area contributed by atoms with Crippen LogP contribution in [0.4, 0.5) is 4.79 Å². The van der Waals surface area contributed by atoms with Crippen LogP contribution in [0.15, 0.2) is 36.5 Å². The lowest BCUT2D eigenvalue weighted by atomic mass is 9.89. The molecule has 0 saturated carbocycles. The Morgan fingerprint density at radius 1 is 1.27 bits per heavy atom. The molecule has 2 atom stereocenters. The number of hydrogen-bond donors (Lipinski definition) is 2. The SMILES string of the molecule is C=C1NC(=O)N[C@H](c2ccc(C)cc2)[C@H]1C(=O)OCCOC. The highest BCUT2D eigenvalue weighted by atomic mass is 16.6. The van der Waals surface area contributed by atoms with Gasteiger partial charge in [0.25, 0.3) is 0 Å². The molecule has 0 radical (unpaired) electrons. The summed E-state index contributed by atoms with van der Waals surface area (Å²) < 4.78 is 10.1. The lowest BCUT2D eigenvalue weighted by Gasteiger charge is -2.33. The van der Waals surface area contributed by atoms with Gasteiger partial charge in [-0.2, -0.15) is 0 Å². The highest BCUT2D eigenvalue weighted by Crippen LogP contribution is 2.30. The number of ether oxygens (including phenoxy) is 2. The Bertz CT molecular complexity index is 568. The van der Waals surface area contributed by atoms with Gasteiger partial charge in [0.2, 0.25) is 0 Å². The van der Waals surface area contributed by atoms with E-state index in [1.807, 2.05) is 31.2 Å². The molecule has 0 unspecified atom stereocenters. The monoisotopic (exact) mass is 304 g/mol. The summed E-state index contributed by atoms with van der Waals surface area (Å²) in [6.07, 6.45) is 0. The highest BCUT2D eigenvalue weighted by Gasteiger charge is 2.38. The number of nitrogens with one attached hydrogen (secondary N) is 2. The van der Waals surface area contributed by atoms with Gasteiger partial charge in [0, 0.05) is 12.8 Å². The van der Waals surface area contributed by atoms with Gasteiger partial charge in [-0.15, -0.1) is 0 Å². The first kappa shape index (κ1) is 16.0. The number of urea groups is 1. The van der Waals surface area contributed by atoms with Crippen LogP contribution in [0.5, 0.6) is 0 Å². The lowest BCUT2D eigenvalue weighted by Crippen LogP contribution is -2.51. The van der Waals surface area contributed by atoms with Gasteiger partial charge in [-0.05, 0) is 12.5 Å². The number of esters is 1. The molecule has 0 bridgehead atoms. The van der Waals surface area contributed by atoms with E-state index < -0.39 is 17.9 Å². The van der Waals surface area contributed by atoms with E-state index in [0.29, 0.717) is 12.3 Å². The summed E-state index contributed by atoms with van der Waals surface area (Å²) in [5, 5.41) is 5.30. The largest absolute Gasteiger partial charge is 0.463 e. The van der Waals surface area contributed by atoms with Gasteiger partial charge < -0.3 is 20.1 Å². The standard InChI is InChI=1S/C16H20N2O4/c1-10-4-6-12(7-5-10)14-13(11(2)17-16(20)18-14)15(19)22-9-8-21-3/h4-7,13-14H,2,8-9H2,1,3H3,(H2,17,18,20)/t13-,14+/m0/s1. The Kier molecular flexibility index (Phi) is 5.16. The number of carbonyl (C=O) groups is 2. The van der Waals surface area contributed by atoms with Gasteiger partial charge >= 0.3 is 12.0 Å². The summed E-state index contributed by atoms with van der Waals surface area (Å²) in [5.41, 5.74) is 2.26. The van der Waals surface area contributed by atoms with Crippen LogP contribution in [0.2, 0.25) is 0 Å². The number of methoxy groups -OCH3 is 1. The average molecular weight is 304 g/mol. The van der Waals surface area contributed by atoms with Crippen molar-refractivity contribution in [2.45, 2.75) is 13.0 Å². The molecule has 1 aromatic rings. The van der Waals surface area contributed by atoms with E-state index in [2.05, 4.69) is 17.2 Å². The topological polar surface area (TPSA) is 76.7 Å². The van der Waals surface area contributed by atoms with Crippen molar-refractivity contribution in [3.8, 4) is 0 Å². The number of rotatable bonds is 5. The second-order valence-corrected chi connectivity index (χ2v) is 5.15. The van der Waals surface area contributed by atoms with E-state index in [9.17, 15) is 9.59 Å². The van der Waals surface area contributed by atoms with E-state index in [1.165, 1.54) is 7.11 Å². The van der Waals surface area contributed by atoms with Crippen molar-refractivity contribution >= 4 is 12.0 Å². The summed E-state index contributed by atoms with van der Waals surface area (Å²) in [5.74, 6) is -1.13. The molecule has 1 aliphatic heterocycles. The molecular weight excluding hydrogens is 284 g/mol. The average Bonchev–Trinajstić information content (AvgIpc) is 2.47. The number of carbonyl (C=O) groups excluding carboxylic acids is 2. The predicted molar refractivity (Wildman–Crippen MR) is 81.1 cm³/mol. The highest BCUT2D eigenvalue weighted by molar-refractivity contribution is 5.85. The third-order valence-corrected chi connectivity index (χ3v) is 3.49. The van der Waals surface area contributed by atoms with Gasteiger partial charge in [-0.3, -0.25) is 4.79 Å². The summed E-state index contributed by atoms with van der Waals surface area (Å²) >= 11 is 0. The molecule has 6 heteroatoms. The second-order valence-electron chi connectivity index (χ2n) is 5.15. The van der Waals surface area contributed by atoms with E-state index in [1.54, 1.807) is 0 Å². The number of amides is 2. The quantitative estimate of drug-likeness (QED) is 0.641. The normalized spacial score (nSPS) is 21.0. The smallest absolute Gasteiger partial charge is 0.319 e. The van der Waals surface area contributed by atoms with Crippen LogP contribution in [0, 0.1) is 12.8 Å². The van der Waals surface area contributed by atoms with Gasteiger partial charge in [0.15, 0.2) is 0 Å². The Balaban J connectivity index is 2.21. The molecule has 0 aromatic heterocycles. The molecule has 1 fully saturated rings. The van der Waals surface area contributed by atoms with Crippen molar-refractivity contribution < 1.29 is 19.1 Å². The molecule has 22 heavy (non-hydrogen) atoms. The maximum Gasteiger partial charge on any atom is 0.319 e. The second kappa shape index (κ2) is 7.09. The molecule has 2 amide bonds. The van der Waals surface area contributed by atoms with Crippen molar-refractivity contribution in [1.29, 1.82) is 0 Å². The Morgan fingerprint density at radius 2 is 1.95 bits per heavy atom. The zero-order valence-corrected chi connectivity index (χ0v) is 12.7. The molecular formula is C16H20N2O4. The molecule has 2 rings (SSSR count). The molecule has 2 N–H and O–H groups in total. The summed E-state index contributed by atoms with van der Waals surface area (Å²) in [7, 11) is 1.53. The zero-order valence-electron chi connectivity index (χ0n) is 12.7. The molecule has 1 aromatic carbocycles. The van der Waals surface area contributed by atoms with Crippen LogP contribution in [-0.4, -0.2) is 32.3 Å². The first-order chi connectivity index (χ1) is 10.5. The molecule has 0 spiro atoms. The van der Waals surface area contributed by atoms with Crippen molar-refractivity contribution in [2.75, 3.05) is 20.3 Å². The molecule has 6 nitrogen and oxygen atoms in total. The maximum atomic E-state index is 12.3. The van der Waals surface area contributed by atoms with Crippen molar-refractivity contribution in [2.24, 2.45) is 5.92 Å². The van der Waals surface area contributed by atoms with Crippen molar-refractivity contribution in [1.82, 2.24) is 10.6 Å². The Labute approximate surface area is 129 Å². The molecule has 118 valence electrons. The van der Waals surface area contributed by atoms with Crippen molar-refractivity contribution in [3.63, 3.8) is 0 Å². The molecule has 1 saturated heterocycles. The summed E-state index contributed by atoms with van der Waals surface area (Å²) in [6, 6.07) is 6.75. The van der Waals surface area contributed by atoms with E-state index in [0.717, 1.165) is 11.1 Å². The van der Waals surface area contributed by atoms with Crippen molar-refractivity contribution in [3.05, 3.63) is 47.7 Å². The van der Waals surface area contributed by atoms with Gasteiger partial charge in [-0.1, -0.05) is 36.4 Å². The minimum atomic E-state index is -0.683. The molecule has 1 heterocycles. The minimum absolute atomic E-state index is 0.160. The summed E-state index contributed by atoms with van der Waals surface area (Å²) in [4.78, 5) is 24.0. The fourth-order valence-electron chi connectivity index (χ4n) is 2.33. The van der Waals surface area contributed by atoms with E-state index in [4.69, 9.17) is 9.47 Å². The number of benzene rings is 1. The van der Waals surface area contributed by atoms with Gasteiger partial charge in [0.05, 0.1) is 12.6 Å². The zero-order chi connectivity index (χ0) is 16.1. The van der Waals surface area contributed by atoms with Crippen LogP contribution >= 0.6 is 0 Å². The minimum Gasteiger partial charge on any atom is -0.463 e. The van der Waals surface area contributed by atoms with Crippen LogP contribution in [-0.2, 0) is 14.3 Å². The number of hydrogen-bond acceptors (Lipinski definition) is 4. The Morgan fingerprint density at radius 3 is 2.59 bits per heavy atom. The fraction of sp³-hybridized carbons (Fsp3) is 0.375. The third-order valence-electron chi connectivity index (χ3n) is 3.49. The van der Waals surface area contributed by atoms with Gasteiger partial charge in [0.1, 0.15) is 12.5 Å². The van der Waals surface area contributed by atoms with Gasteiger partial charge in [-0.25, -0.2) is 4.79 Å². The van der Waals surface area contributed by atoms with Crippen LogP contribution < -0.4 is 10.6 Å². The lowest BCUT2D eigenvalue weighted by molar-refractivity contribution is -0.149. The van der Waals surface area contributed by atoms with E-state index >= 15 is 0 Å². The van der Waals surface area contributed by atoms with Crippen LogP contribution in [0.3, 0.4) is 0 Å². The summed E-state index contributed by atoms with van der Waals surface area (Å²) in [6.45, 7) is 6.24. The third kappa shape index (κ3) is 3.65.